The van der Waals surface area contributed by atoms with Gasteiger partial charge in [0.2, 0.25) is 0 Å². The summed E-state index contributed by atoms with van der Waals surface area (Å²) in [6.45, 7) is 4.49. The van der Waals surface area contributed by atoms with E-state index in [-0.39, 0.29) is 0 Å². The molecule has 3 heteroatoms. The molecule has 1 heterocycles. The second-order valence-electron chi connectivity index (χ2n) is 6.18. The van der Waals surface area contributed by atoms with Crippen LogP contribution in [0.4, 0.5) is 0 Å². The molecule has 2 atom stereocenters. The van der Waals surface area contributed by atoms with Gasteiger partial charge in [-0.25, -0.2) is 0 Å². The molecular formula is C16H25NO2. The monoisotopic (exact) mass is 263 g/mol. The first-order valence-electron chi connectivity index (χ1n) is 7.27. The molecule has 1 saturated carbocycles. The van der Waals surface area contributed by atoms with Crippen molar-refractivity contribution in [1.82, 2.24) is 4.98 Å². The van der Waals surface area contributed by atoms with E-state index in [1.807, 2.05) is 12.1 Å². The molecule has 0 aliphatic heterocycles. The van der Waals surface area contributed by atoms with Gasteiger partial charge >= 0.3 is 0 Å². The first-order chi connectivity index (χ1) is 9.05. The van der Waals surface area contributed by atoms with Crippen molar-refractivity contribution < 1.29 is 9.84 Å². The van der Waals surface area contributed by atoms with E-state index in [0.717, 1.165) is 19.3 Å². The number of hydrogen-bond donors (Lipinski definition) is 1. The highest BCUT2D eigenvalue weighted by Crippen LogP contribution is 2.43. The summed E-state index contributed by atoms with van der Waals surface area (Å²) in [6, 6.07) is 3.73. The van der Waals surface area contributed by atoms with Crippen molar-refractivity contribution in [1.29, 1.82) is 0 Å². The van der Waals surface area contributed by atoms with E-state index in [4.69, 9.17) is 4.74 Å². The van der Waals surface area contributed by atoms with Crippen LogP contribution in [0.5, 0.6) is 5.75 Å². The Hall–Kier alpha value is -1.09. The van der Waals surface area contributed by atoms with Crippen LogP contribution >= 0.6 is 0 Å². The lowest BCUT2D eigenvalue weighted by Gasteiger charge is -2.37. The zero-order valence-corrected chi connectivity index (χ0v) is 12.2. The maximum atomic E-state index is 11.0. The topological polar surface area (TPSA) is 42.4 Å². The number of aliphatic hydroxyl groups is 1. The summed E-state index contributed by atoms with van der Waals surface area (Å²) in [5.74, 6) is 1.97. The van der Waals surface area contributed by atoms with Gasteiger partial charge in [0.1, 0.15) is 17.0 Å². The predicted molar refractivity (Wildman–Crippen MR) is 76.1 cm³/mol. The fourth-order valence-electron chi connectivity index (χ4n) is 3.35. The molecule has 1 aliphatic rings. The van der Waals surface area contributed by atoms with Crippen LogP contribution in [0.15, 0.2) is 18.3 Å². The Morgan fingerprint density at radius 2 is 2.32 bits per heavy atom. The van der Waals surface area contributed by atoms with Gasteiger partial charge in [0.25, 0.3) is 0 Å². The predicted octanol–water partition coefficient (Wildman–Crippen LogP) is 3.51. The van der Waals surface area contributed by atoms with Crippen LogP contribution in [0, 0.1) is 11.8 Å². The molecule has 1 aromatic heterocycles. The average Bonchev–Trinajstić information content (AvgIpc) is 2.38. The van der Waals surface area contributed by atoms with Crippen LogP contribution in [0.3, 0.4) is 0 Å². The van der Waals surface area contributed by atoms with Crippen molar-refractivity contribution in [2.45, 2.75) is 51.6 Å². The summed E-state index contributed by atoms with van der Waals surface area (Å²) in [7, 11) is 1.64. The Balaban J connectivity index is 2.21. The van der Waals surface area contributed by atoms with Gasteiger partial charge in [0, 0.05) is 6.20 Å². The molecule has 0 amide bonds. The summed E-state index contributed by atoms with van der Waals surface area (Å²) in [5.41, 5.74) is -0.101. The first-order valence-corrected chi connectivity index (χ1v) is 7.27. The quantitative estimate of drug-likeness (QED) is 0.904. The summed E-state index contributed by atoms with van der Waals surface area (Å²) in [5, 5.41) is 11.0. The zero-order chi connectivity index (χ0) is 13.9. The van der Waals surface area contributed by atoms with Crippen LogP contribution in [0.1, 0.15) is 51.6 Å². The molecule has 1 aromatic rings. The van der Waals surface area contributed by atoms with E-state index >= 15 is 0 Å². The molecule has 0 saturated heterocycles. The molecule has 1 fully saturated rings. The van der Waals surface area contributed by atoms with E-state index in [0.29, 0.717) is 23.3 Å². The Bertz CT molecular complexity index is 419. The minimum absolute atomic E-state index is 0.588. The van der Waals surface area contributed by atoms with E-state index in [9.17, 15) is 5.11 Å². The third kappa shape index (κ3) is 3.27. The highest BCUT2D eigenvalue weighted by atomic mass is 16.5. The van der Waals surface area contributed by atoms with Gasteiger partial charge in [-0.15, -0.1) is 0 Å². The molecule has 0 bridgehead atoms. The fraction of sp³-hybridized carbons (Fsp3) is 0.688. The van der Waals surface area contributed by atoms with Gasteiger partial charge in [-0.1, -0.05) is 20.3 Å². The molecule has 106 valence electrons. The van der Waals surface area contributed by atoms with Gasteiger partial charge in [-0.05, 0) is 49.7 Å². The third-order valence-corrected chi connectivity index (χ3v) is 4.07. The van der Waals surface area contributed by atoms with Crippen LogP contribution < -0.4 is 4.74 Å². The van der Waals surface area contributed by atoms with Gasteiger partial charge in [0.05, 0.1) is 7.11 Å². The number of aromatic nitrogens is 1. The molecule has 2 rings (SSSR count). The number of rotatable bonds is 4. The second kappa shape index (κ2) is 5.91. The molecule has 0 aromatic carbocycles. The number of hydrogen-bond acceptors (Lipinski definition) is 3. The van der Waals surface area contributed by atoms with Crippen molar-refractivity contribution in [2.24, 2.45) is 11.8 Å². The Kier molecular flexibility index (Phi) is 4.46. The Morgan fingerprint density at radius 3 is 3.00 bits per heavy atom. The maximum Gasteiger partial charge on any atom is 0.143 e. The highest BCUT2D eigenvalue weighted by Gasteiger charge is 2.39. The summed E-state index contributed by atoms with van der Waals surface area (Å²) in [6.07, 6.45) is 6.79. The van der Waals surface area contributed by atoms with Crippen molar-refractivity contribution in [3.8, 4) is 5.75 Å². The molecule has 1 N–H and O–H groups in total. The van der Waals surface area contributed by atoms with Crippen molar-refractivity contribution in [3.63, 3.8) is 0 Å². The Morgan fingerprint density at radius 1 is 1.53 bits per heavy atom. The normalized spacial score (nSPS) is 27.5. The van der Waals surface area contributed by atoms with E-state index in [1.54, 1.807) is 13.3 Å². The summed E-state index contributed by atoms with van der Waals surface area (Å²) >= 11 is 0. The highest BCUT2D eigenvalue weighted by molar-refractivity contribution is 5.32. The minimum atomic E-state index is -0.815. The lowest BCUT2D eigenvalue weighted by atomic mass is 9.73. The lowest BCUT2D eigenvalue weighted by Crippen LogP contribution is -2.34. The van der Waals surface area contributed by atoms with Gasteiger partial charge < -0.3 is 9.84 Å². The standard InChI is InChI=1S/C16H25NO2/c1-12(2)10-13-6-4-8-16(18,11-13)15-14(19-3)7-5-9-17-15/h5,7,9,12-13,18H,4,6,8,10-11H2,1-3H3. The average molecular weight is 263 g/mol. The molecule has 0 radical (unpaired) electrons. The molecule has 0 spiro atoms. The lowest BCUT2D eigenvalue weighted by molar-refractivity contribution is -0.0298. The molecule has 3 nitrogen and oxygen atoms in total. The first kappa shape index (κ1) is 14.3. The molecule has 2 unspecified atom stereocenters. The number of nitrogens with zero attached hydrogens (tertiary/aromatic N) is 1. The van der Waals surface area contributed by atoms with Crippen molar-refractivity contribution in [3.05, 3.63) is 24.0 Å². The Labute approximate surface area is 116 Å². The summed E-state index contributed by atoms with van der Waals surface area (Å²) in [4.78, 5) is 4.38. The van der Waals surface area contributed by atoms with Crippen molar-refractivity contribution >= 4 is 0 Å². The second-order valence-corrected chi connectivity index (χ2v) is 6.18. The zero-order valence-electron chi connectivity index (χ0n) is 12.2. The molecule has 1 aliphatic carbocycles. The largest absolute Gasteiger partial charge is 0.495 e. The smallest absolute Gasteiger partial charge is 0.143 e. The SMILES string of the molecule is COc1cccnc1C1(O)CCCC(CC(C)C)C1. The maximum absolute atomic E-state index is 11.0. The van der Waals surface area contributed by atoms with Crippen LogP contribution in [0.2, 0.25) is 0 Å². The fourth-order valence-corrected chi connectivity index (χ4v) is 3.35. The van der Waals surface area contributed by atoms with Gasteiger partial charge in [0.15, 0.2) is 0 Å². The number of methoxy groups -OCH3 is 1. The van der Waals surface area contributed by atoms with Gasteiger partial charge in [-0.2, -0.15) is 0 Å². The van der Waals surface area contributed by atoms with Gasteiger partial charge in [-0.3, -0.25) is 4.98 Å². The minimum Gasteiger partial charge on any atom is -0.495 e. The summed E-state index contributed by atoms with van der Waals surface area (Å²) < 4.78 is 5.36. The van der Waals surface area contributed by atoms with Crippen molar-refractivity contribution in [2.75, 3.05) is 7.11 Å². The number of pyridine rings is 1. The van der Waals surface area contributed by atoms with Crippen LogP contribution in [-0.4, -0.2) is 17.2 Å². The van der Waals surface area contributed by atoms with E-state index in [2.05, 4.69) is 18.8 Å². The van der Waals surface area contributed by atoms with E-state index in [1.165, 1.54) is 12.8 Å². The molecule has 19 heavy (non-hydrogen) atoms. The van der Waals surface area contributed by atoms with Crippen LogP contribution in [-0.2, 0) is 5.60 Å². The van der Waals surface area contributed by atoms with Crippen LogP contribution in [0.25, 0.3) is 0 Å². The number of ether oxygens (including phenoxy) is 1. The third-order valence-electron chi connectivity index (χ3n) is 4.07. The van der Waals surface area contributed by atoms with E-state index < -0.39 is 5.60 Å². The molecular weight excluding hydrogens is 238 g/mol.